The van der Waals surface area contributed by atoms with Gasteiger partial charge in [-0.05, 0) is 25.0 Å². The van der Waals surface area contributed by atoms with Gasteiger partial charge < -0.3 is 9.64 Å². The summed E-state index contributed by atoms with van der Waals surface area (Å²) in [5, 5.41) is 1.09. The third-order valence-corrected chi connectivity index (χ3v) is 5.82. The van der Waals surface area contributed by atoms with Gasteiger partial charge in [-0.1, -0.05) is 24.6 Å². The molecule has 0 atom stereocenters. The van der Waals surface area contributed by atoms with Gasteiger partial charge in [0.2, 0.25) is 11.8 Å². The highest BCUT2D eigenvalue weighted by atomic mass is 16.5. The van der Waals surface area contributed by atoms with Crippen molar-refractivity contribution in [3.8, 4) is 17.1 Å². The maximum atomic E-state index is 13.2. The van der Waals surface area contributed by atoms with E-state index in [1.165, 1.54) is 0 Å². The number of carbonyl (C=O) groups is 1. The Bertz CT molecular complexity index is 1040. The van der Waals surface area contributed by atoms with Gasteiger partial charge in [0.15, 0.2) is 0 Å². The molecule has 26 heavy (non-hydrogen) atoms. The largest absolute Gasteiger partial charge is 0.481 e. The number of likely N-dealkylation sites (N-methyl/N-ethyl adjacent to an activating group) is 1. The second-order valence-electron chi connectivity index (χ2n) is 7.09. The number of ether oxygens (including phenoxy) is 1. The number of hydrogen-bond donors (Lipinski definition) is 0. The van der Waals surface area contributed by atoms with Crippen molar-refractivity contribution in [3.63, 3.8) is 0 Å². The second kappa shape index (κ2) is 5.27. The summed E-state index contributed by atoms with van der Waals surface area (Å²) in [7, 11) is 3.46. The Morgan fingerprint density at radius 3 is 2.62 bits per heavy atom. The average molecular weight is 345 g/mol. The van der Waals surface area contributed by atoms with Crippen molar-refractivity contribution in [2.45, 2.75) is 24.7 Å². The molecule has 1 aliphatic carbocycles. The van der Waals surface area contributed by atoms with Gasteiger partial charge in [0.1, 0.15) is 0 Å². The molecule has 0 bridgehead atoms. The molecule has 2 aliphatic rings. The first kappa shape index (κ1) is 15.3. The van der Waals surface area contributed by atoms with Crippen LogP contribution in [0, 0.1) is 0 Å². The molecule has 130 valence electrons. The van der Waals surface area contributed by atoms with E-state index < -0.39 is 0 Å². The molecular formula is C21H19N3O2. The minimum absolute atomic E-state index is 0.194. The first-order chi connectivity index (χ1) is 12.7. The van der Waals surface area contributed by atoms with Gasteiger partial charge in [-0.2, -0.15) is 0 Å². The SMILES string of the molecule is COc1ccc(-c2nc3ccccc3c3c2N(C)C(=O)C32CCC2)cn1. The van der Waals surface area contributed by atoms with Gasteiger partial charge in [-0.3, -0.25) is 4.79 Å². The number of rotatable bonds is 2. The van der Waals surface area contributed by atoms with Crippen LogP contribution in [0.15, 0.2) is 42.6 Å². The summed E-state index contributed by atoms with van der Waals surface area (Å²) in [6.07, 6.45) is 4.68. The Balaban J connectivity index is 1.85. The van der Waals surface area contributed by atoms with Crippen molar-refractivity contribution in [3.05, 3.63) is 48.2 Å². The summed E-state index contributed by atoms with van der Waals surface area (Å²) in [5.41, 5.74) is 4.33. The van der Waals surface area contributed by atoms with Crippen molar-refractivity contribution in [1.82, 2.24) is 9.97 Å². The maximum absolute atomic E-state index is 13.2. The highest BCUT2D eigenvalue weighted by molar-refractivity contribution is 6.15. The maximum Gasteiger partial charge on any atom is 0.237 e. The van der Waals surface area contributed by atoms with E-state index in [0.717, 1.165) is 52.7 Å². The minimum Gasteiger partial charge on any atom is -0.481 e. The van der Waals surface area contributed by atoms with Gasteiger partial charge >= 0.3 is 0 Å². The lowest BCUT2D eigenvalue weighted by Crippen LogP contribution is -2.43. The van der Waals surface area contributed by atoms with Crippen LogP contribution in [-0.2, 0) is 10.2 Å². The van der Waals surface area contributed by atoms with Crippen LogP contribution in [0.25, 0.3) is 22.2 Å². The van der Waals surface area contributed by atoms with E-state index in [1.807, 2.05) is 37.4 Å². The van der Waals surface area contributed by atoms with Gasteiger partial charge in [-0.25, -0.2) is 9.97 Å². The molecule has 0 saturated heterocycles. The average Bonchev–Trinajstić information content (AvgIpc) is 2.90. The molecular weight excluding hydrogens is 326 g/mol. The molecule has 3 heterocycles. The van der Waals surface area contributed by atoms with Crippen molar-refractivity contribution in [2.75, 3.05) is 19.1 Å². The fourth-order valence-electron chi connectivity index (χ4n) is 4.38. The molecule has 0 radical (unpaired) electrons. The lowest BCUT2D eigenvalue weighted by molar-refractivity contribution is -0.125. The van der Waals surface area contributed by atoms with E-state index in [1.54, 1.807) is 18.2 Å². The molecule has 0 unspecified atom stereocenters. The summed E-state index contributed by atoms with van der Waals surface area (Å²) < 4.78 is 5.17. The van der Waals surface area contributed by atoms with Gasteiger partial charge in [-0.15, -0.1) is 0 Å². The summed E-state index contributed by atoms with van der Waals surface area (Å²) >= 11 is 0. The molecule has 0 N–H and O–H groups in total. The molecule has 1 spiro atoms. The van der Waals surface area contributed by atoms with E-state index in [9.17, 15) is 4.79 Å². The number of para-hydroxylation sites is 1. The highest BCUT2D eigenvalue weighted by Gasteiger charge is 2.55. The fraction of sp³-hybridized carbons (Fsp3) is 0.286. The monoisotopic (exact) mass is 345 g/mol. The number of nitrogens with zero attached hydrogens (tertiary/aromatic N) is 3. The standard InChI is InChI=1S/C21H19N3O2/c1-24-19-17(21(20(24)25)10-5-11-21)14-6-3-4-7-15(14)23-18(19)13-8-9-16(26-2)22-12-13/h3-4,6-9,12H,5,10-11H2,1-2H3. The predicted molar refractivity (Wildman–Crippen MR) is 100 cm³/mol. The lowest BCUT2D eigenvalue weighted by Gasteiger charge is -2.37. The van der Waals surface area contributed by atoms with Crippen LogP contribution in [-0.4, -0.2) is 30.0 Å². The third-order valence-electron chi connectivity index (χ3n) is 5.82. The first-order valence-electron chi connectivity index (χ1n) is 8.87. The van der Waals surface area contributed by atoms with Crippen LogP contribution in [0.3, 0.4) is 0 Å². The Hall–Kier alpha value is -2.95. The van der Waals surface area contributed by atoms with E-state index in [0.29, 0.717) is 5.88 Å². The summed E-state index contributed by atoms with van der Waals surface area (Å²) in [5.74, 6) is 0.755. The van der Waals surface area contributed by atoms with Crippen LogP contribution in [0.5, 0.6) is 5.88 Å². The summed E-state index contributed by atoms with van der Waals surface area (Å²) in [4.78, 5) is 24.2. The fourth-order valence-corrected chi connectivity index (χ4v) is 4.38. The Kier molecular flexibility index (Phi) is 3.11. The van der Waals surface area contributed by atoms with Crippen molar-refractivity contribution >= 4 is 22.5 Å². The molecule has 5 rings (SSSR count). The topological polar surface area (TPSA) is 55.3 Å². The second-order valence-corrected chi connectivity index (χ2v) is 7.09. The van der Waals surface area contributed by atoms with Crippen molar-refractivity contribution in [2.24, 2.45) is 0 Å². The van der Waals surface area contributed by atoms with E-state index in [2.05, 4.69) is 11.1 Å². The smallest absolute Gasteiger partial charge is 0.237 e. The quantitative estimate of drug-likeness (QED) is 0.710. The predicted octanol–water partition coefficient (Wildman–Crippen LogP) is 3.70. The number of amides is 1. The Labute approximate surface area is 151 Å². The molecule has 1 amide bonds. The zero-order valence-electron chi connectivity index (χ0n) is 14.8. The molecule has 1 fully saturated rings. The van der Waals surface area contributed by atoms with Gasteiger partial charge in [0, 0.05) is 35.8 Å². The lowest BCUT2D eigenvalue weighted by atomic mass is 9.64. The highest BCUT2D eigenvalue weighted by Crippen LogP contribution is 2.57. The third kappa shape index (κ3) is 1.83. The Morgan fingerprint density at radius 2 is 1.96 bits per heavy atom. The summed E-state index contributed by atoms with van der Waals surface area (Å²) in [6.45, 7) is 0. The van der Waals surface area contributed by atoms with Crippen LogP contribution in [0.4, 0.5) is 5.69 Å². The molecule has 2 aromatic heterocycles. The van der Waals surface area contributed by atoms with Crippen LogP contribution in [0.2, 0.25) is 0 Å². The van der Waals surface area contributed by atoms with E-state index >= 15 is 0 Å². The van der Waals surface area contributed by atoms with Crippen LogP contribution < -0.4 is 9.64 Å². The zero-order valence-corrected chi connectivity index (χ0v) is 14.8. The number of fused-ring (bicyclic) bond motifs is 4. The van der Waals surface area contributed by atoms with E-state index in [4.69, 9.17) is 9.72 Å². The number of benzene rings is 1. The molecule has 5 nitrogen and oxygen atoms in total. The number of aromatic nitrogens is 2. The van der Waals surface area contributed by atoms with Gasteiger partial charge in [0.05, 0.1) is 29.4 Å². The number of carbonyl (C=O) groups excluding carboxylic acids is 1. The molecule has 1 saturated carbocycles. The molecule has 1 aromatic carbocycles. The number of hydrogen-bond acceptors (Lipinski definition) is 4. The van der Waals surface area contributed by atoms with Crippen molar-refractivity contribution < 1.29 is 9.53 Å². The molecule has 5 heteroatoms. The van der Waals surface area contributed by atoms with E-state index in [-0.39, 0.29) is 11.3 Å². The minimum atomic E-state index is -0.374. The number of anilines is 1. The molecule has 3 aromatic rings. The summed E-state index contributed by atoms with van der Waals surface area (Å²) in [6, 6.07) is 11.9. The van der Waals surface area contributed by atoms with Gasteiger partial charge in [0.25, 0.3) is 0 Å². The number of methoxy groups -OCH3 is 1. The molecule has 1 aliphatic heterocycles. The van der Waals surface area contributed by atoms with Crippen molar-refractivity contribution in [1.29, 1.82) is 0 Å². The zero-order chi connectivity index (χ0) is 17.9. The first-order valence-corrected chi connectivity index (χ1v) is 8.87. The normalized spacial score (nSPS) is 17.5. The number of pyridine rings is 2. The Morgan fingerprint density at radius 1 is 1.15 bits per heavy atom. The van der Waals surface area contributed by atoms with Crippen LogP contribution >= 0.6 is 0 Å². The van der Waals surface area contributed by atoms with Crippen LogP contribution in [0.1, 0.15) is 24.8 Å².